The Morgan fingerprint density at radius 1 is 1.16 bits per heavy atom. The van der Waals surface area contributed by atoms with Gasteiger partial charge in [0.1, 0.15) is 17.0 Å². The van der Waals surface area contributed by atoms with E-state index in [1.165, 1.54) is 9.80 Å². The van der Waals surface area contributed by atoms with Crippen LogP contribution in [0, 0.1) is 11.3 Å². The second-order valence-electron chi connectivity index (χ2n) is 5.61. The van der Waals surface area contributed by atoms with E-state index in [0.29, 0.717) is 16.7 Å². The summed E-state index contributed by atoms with van der Waals surface area (Å²) in [5.74, 6) is 0.424. The number of pyridine rings is 2. The zero-order chi connectivity index (χ0) is 17.4. The third-order valence-corrected chi connectivity index (χ3v) is 4.35. The summed E-state index contributed by atoms with van der Waals surface area (Å²) in [7, 11) is 0. The molecular weight excluding hydrogens is 338 g/mol. The van der Waals surface area contributed by atoms with Gasteiger partial charge in [0.05, 0.1) is 24.5 Å². The number of aromatic nitrogens is 2. The number of amides is 2. The Kier molecular flexibility index (Phi) is 3.71. The Morgan fingerprint density at radius 3 is 2.80 bits per heavy atom. The molecule has 6 nitrogen and oxygen atoms in total. The molecule has 0 spiro atoms. The number of halogens is 1. The van der Waals surface area contributed by atoms with E-state index in [9.17, 15) is 10.1 Å². The third kappa shape index (κ3) is 2.55. The van der Waals surface area contributed by atoms with Gasteiger partial charge in [0, 0.05) is 17.0 Å². The number of benzene rings is 1. The lowest BCUT2D eigenvalue weighted by molar-refractivity contribution is 0.255. The lowest BCUT2D eigenvalue weighted by atomic mass is 10.1. The summed E-state index contributed by atoms with van der Waals surface area (Å²) in [6.45, 7) is 0.214. The van der Waals surface area contributed by atoms with Gasteiger partial charge in [-0.05, 0) is 12.1 Å². The van der Waals surface area contributed by atoms with Crippen LogP contribution in [0.5, 0.6) is 0 Å². The molecule has 1 atom stereocenters. The van der Waals surface area contributed by atoms with Gasteiger partial charge < -0.3 is 0 Å². The molecule has 1 aliphatic rings. The minimum absolute atomic E-state index is 0.214. The number of fused-ring (bicyclic) bond motifs is 1. The summed E-state index contributed by atoms with van der Waals surface area (Å²) in [5, 5.41) is 11.6. The summed E-state index contributed by atoms with van der Waals surface area (Å²) >= 11 is 5.94. The molecule has 1 saturated heterocycles. The van der Waals surface area contributed by atoms with Crippen LogP contribution in [-0.2, 0) is 0 Å². The number of hydrogen-bond acceptors (Lipinski definition) is 4. The van der Waals surface area contributed by atoms with Crippen molar-refractivity contribution in [3.05, 3.63) is 60.0 Å². The molecular formula is C18H12ClN5O. The fourth-order valence-electron chi connectivity index (χ4n) is 3.00. The van der Waals surface area contributed by atoms with Gasteiger partial charge in [0.2, 0.25) is 0 Å². The highest BCUT2D eigenvalue weighted by molar-refractivity contribution is 6.29. The van der Waals surface area contributed by atoms with Crippen molar-refractivity contribution in [2.75, 3.05) is 16.3 Å². The second-order valence-corrected chi connectivity index (χ2v) is 5.99. The van der Waals surface area contributed by atoms with Gasteiger partial charge in [0.25, 0.3) is 0 Å². The lowest BCUT2D eigenvalue weighted by Crippen LogP contribution is -2.34. The molecule has 0 N–H and O–H groups in total. The molecule has 7 heteroatoms. The molecule has 0 aliphatic carbocycles. The smallest absolute Gasteiger partial charge is 0.275 e. The largest absolute Gasteiger partial charge is 0.331 e. The normalized spacial score (nSPS) is 17.1. The Bertz CT molecular complexity index is 1010. The molecule has 0 unspecified atom stereocenters. The van der Waals surface area contributed by atoms with Gasteiger partial charge in [-0.15, -0.1) is 0 Å². The van der Waals surface area contributed by atoms with Crippen LogP contribution >= 0.6 is 11.6 Å². The molecule has 0 saturated carbocycles. The predicted octanol–water partition coefficient (Wildman–Crippen LogP) is 3.62. The maximum atomic E-state index is 13.0. The highest BCUT2D eigenvalue weighted by atomic mass is 35.5. The van der Waals surface area contributed by atoms with Crippen LogP contribution in [0.4, 0.5) is 16.3 Å². The molecule has 4 rings (SSSR count). The van der Waals surface area contributed by atoms with Crippen molar-refractivity contribution in [3.63, 3.8) is 0 Å². The maximum Gasteiger partial charge on any atom is 0.331 e. The number of urea groups is 1. The average Bonchev–Trinajstić information content (AvgIpc) is 2.97. The molecule has 1 aliphatic heterocycles. The van der Waals surface area contributed by atoms with Crippen LogP contribution in [0.3, 0.4) is 0 Å². The van der Waals surface area contributed by atoms with Crippen molar-refractivity contribution in [2.24, 2.45) is 0 Å². The molecule has 0 bridgehead atoms. The molecule has 0 radical (unpaired) electrons. The van der Waals surface area contributed by atoms with E-state index in [4.69, 9.17) is 11.6 Å². The molecule has 3 aromatic rings. The van der Waals surface area contributed by atoms with Gasteiger partial charge in [-0.3, -0.25) is 14.8 Å². The Balaban J connectivity index is 1.81. The van der Waals surface area contributed by atoms with E-state index < -0.39 is 6.04 Å². The summed E-state index contributed by atoms with van der Waals surface area (Å²) < 4.78 is 0. The summed E-state index contributed by atoms with van der Waals surface area (Å²) in [6.07, 6.45) is 3.34. The number of rotatable bonds is 2. The first-order valence-corrected chi connectivity index (χ1v) is 8.02. The van der Waals surface area contributed by atoms with Crippen molar-refractivity contribution in [1.29, 1.82) is 5.26 Å². The van der Waals surface area contributed by atoms with Crippen LogP contribution < -0.4 is 9.80 Å². The quantitative estimate of drug-likeness (QED) is 0.662. The van der Waals surface area contributed by atoms with Crippen molar-refractivity contribution in [1.82, 2.24) is 9.97 Å². The maximum absolute atomic E-state index is 13.0. The Morgan fingerprint density at radius 2 is 2.00 bits per heavy atom. The van der Waals surface area contributed by atoms with Crippen molar-refractivity contribution in [2.45, 2.75) is 6.04 Å². The van der Waals surface area contributed by atoms with Gasteiger partial charge in [-0.2, -0.15) is 5.26 Å². The summed E-state index contributed by atoms with van der Waals surface area (Å²) in [6, 6.07) is 13.9. The van der Waals surface area contributed by atoms with E-state index in [-0.39, 0.29) is 12.6 Å². The van der Waals surface area contributed by atoms with Crippen molar-refractivity contribution in [3.8, 4) is 6.07 Å². The van der Waals surface area contributed by atoms with Crippen LogP contribution in [-0.4, -0.2) is 28.6 Å². The average molecular weight is 350 g/mol. The van der Waals surface area contributed by atoms with E-state index in [0.717, 1.165) is 10.8 Å². The summed E-state index contributed by atoms with van der Waals surface area (Å²) in [5.41, 5.74) is 0.610. The monoisotopic (exact) mass is 349 g/mol. The van der Waals surface area contributed by atoms with Crippen LogP contribution in [0.15, 0.2) is 54.9 Å². The van der Waals surface area contributed by atoms with Gasteiger partial charge in [0.15, 0.2) is 0 Å². The molecule has 2 amide bonds. The van der Waals surface area contributed by atoms with Crippen LogP contribution in [0.25, 0.3) is 10.8 Å². The molecule has 1 aromatic carbocycles. The highest BCUT2D eigenvalue weighted by Gasteiger charge is 2.40. The van der Waals surface area contributed by atoms with Crippen LogP contribution in [0.1, 0.15) is 0 Å². The van der Waals surface area contributed by atoms with Crippen molar-refractivity contribution >= 4 is 39.9 Å². The zero-order valence-corrected chi connectivity index (χ0v) is 13.8. The topological polar surface area (TPSA) is 73.1 Å². The first-order valence-electron chi connectivity index (χ1n) is 7.64. The minimum Gasteiger partial charge on any atom is -0.275 e. The Hall–Kier alpha value is -3.17. The van der Waals surface area contributed by atoms with E-state index in [1.54, 1.807) is 30.6 Å². The molecule has 2 aromatic heterocycles. The number of nitrogens with zero attached hydrogens (tertiary/aromatic N) is 5. The van der Waals surface area contributed by atoms with E-state index in [1.807, 2.05) is 24.3 Å². The van der Waals surface area contributed by atoms with Gasteiger partial charge in [-0.1, -0.05) is 41.9 Å². The number of carbonyl (C=O) groups excluding carboxylic acids is 1. The molecule has 3 heterocycles. The van der Waals surface area contributed by atoms with Gasteiger partial charge in [-0.25, -0.2) is 9.78 Å². The highest BCUT2D eigenvalue weighted by Crippen LogP contribution is 2.32. The third-order valence-electron chi connectivity index (χ3n) is 4.14. The zero-order valence-electron chi connectivity index (χ0n) is 13.0. The number of carbonyl (C=O) groups is 1. The number of nitriles is 1. The first-order chi connectivity index (χ1) is 12.2. The minimum atomic E-state index is -0.638. The fourth-order valence-corrected chi connectivity index (χ4v) is 3.16. The van der Waals surface area contributed by atoms with E-state index in [2.05, 4.69) is 16.0 Å². The van der Waals surface area contributed by atoms with Gasteiger partial charge >= 0.3 is 6.03 Å². The second kappa shape index (κ2) is 6.04. The predicted molar refractivity (Wildman–Crippen MR) is 95.6 cm³/mol. The standard InChI is InChI=1S/C18H12ClN5O/c19-16-6-3-7-17(22-16)23-11-13(8-20)24(18(23)25)15-10-21-9-12-4-1-2-5-14(12)15/h1-7,9-10,13H,11H2/t13-/m0/s1. The Labute approximate surface area is 148 Å². The van der Waals surface area contributed by atoms with Crippen LogP contribution in [0.2, 0.25) is 5.15 Å². The molecule has 1 fully saturated rings. The fraction of sp³-hybridized carbons (Fsp3) is 0.111. The first kappa shape index (κ1) is 15.4. The number of anilines is 2. The summed E-state index contributed by atoms with van der Waals surface area (Å²) in [4.78, 5) is 24.3. The van der Waals surface area contributed by atoms with E-state index >= 15 is 0 Å². The lowest BCUT2D eigenvalue weighted by Gasteiger charge is -2.20. The number of hydrogen-bond donors (Lipinski definition) is 0. The molecule has 25 heavy (non-hydrogen) atoms. The SMILES string of the molecule is N#C[C@H]1CN(c2cccc(Cl)n2)C(=O)N1c1cncc2ccccc12. The molecule has 122 valence electrons. The van der Waals surface area contributed by atoms with Crippen molar-refractivity contribution < 1.29 is 4.79 Å².